The number of furan rings is 1. The topological polar surface area (TPSA) is 71.3 Å². The third kappa shape index (κ3) is 3.28. The smallest absolute Gasteiger partial charge is 0.236 e. The predicted octanol–water partition coefficient (Wildman–Crippen LogP) is 2.30. The molecule has 1 aromatic heterocycles. The fourth-order valence-corrected chi connectivity index (χ4v) is 2.59. The van der Waals surface area contributed by atoms with Crippen molar-refractivity contribution in [3.63, 3.8) is 0 Å². The lowest BCUT2D eigenvalue weighted by Gasteiger charge is -2.15. The highest BCUT2D eigenvalue weighted by atomic mass is 16.3. The zero-order valence-corrected chi connectivity index (χ0v) is 13.1. The molecule has 3 rings (SSSR count). The third-order valence-corrected chi connectivity index (χ3v) is 4.32. The van der Waals surface area contributed by atoms with Crippen LogP contribution in [0.1, 0.15) is 29.7 Å². The van der Waals surface area contributed by atoms with Gasteiger partial charge in [0.1, 0.15) is 11.2 Å². The van der Waals surface area contributed by atoms with Gasteiger partial charge >= 0.3 is 0 Å². The molecule has 0 spiro atoms. The Morgan fingerprint density at radius 3 is 2.35 bits per heavy atom. The number of amides is 2. The van der Waals surface area contributed by atoms with Crippen LogP contribution in [0.4, 0.5) is 0 Å². The van der Waals surface area contributed by atoms with E-state index < -0.39 is 5.41 Å². The molecule has 0 bridgehead atoms. The summed E-state index contributed by atoms with van der Waals surface area (Å²) in [6, 6.07) is 11.4. The molecule has 0 radical (unpaired) electrons. The van der Waals surface area contributed by atoms with E-state index in [-0.39, 0.29) is 11.8 Å². The molecule has 5 heteroatoms. The van der Waals surface area contributed by atoms with Gasteiger partial charge in [-0.15, -0.1) is 0 Å². The van der Waals surface area contributed by atoms with Gasteiger partial charge in [-0.25, -0.2) is 0 Å². The van der Waals surface area contributed by atoms with Gasteiger partial charge in [-0.3, -0.25) is 9.59 Å². The molecule has 1 saturated carbocycles. The lowest BCUT2D eigenvalue weighted by atomic mass is 10.0. The molecule has 0 unspecified atom stereocenters. The molecule has 23 heavy (non-hydrogen) atoms. The second kappa shape index (κ2) is 6.28. The van der Waals surface area contributed by atoms with E-state index in [0.717, 1.165) is 11.1 Å². The van der Waals surface area contributed by atoms with Crippen molar-refractivity contribution >= 4 is 11.8 Å². The average Bonchev–Trinajstić information content (AvgIpc) is 3.21. The second-order valence-electron chi connectivity index (χ2n) is 5.95. The largest absolute Gasteiger partial charge is 0.467 e. The molecule has 0 atom stereocenters. The van der Waals surface area contributed by atoms with Crippen LogP contribution in [0, 0.1) is 12.3 Å². The first-order chi connectivity index (χ1) is 11.1. The molecule has 0 aliphatic heterocycles. The number of benzene rings is 1. The zero-order valence-electron chi connectivity index (χ0n) is 13.1. The molecule has 2 aromatic rings. The van der Waals surface area contributed by atoms with Crippen molar-refractivity contribution < 1.29 is 14.0 Å². The first-order valence-electron chi connectivity index (χ1n) is 7.75. The van der Waals surface area contributed by atoms with Crippen LogP contribution < -0.4 is 10.6 Å². The zero-order chi connectivity index (χ0) is 16.3. The molecule has 0 saturated heterocycles. The summed E-state index contributed by atoms with van der Waals surface area (Å²) in [5, 5.41) is 5.68. The lowest BCUT2D eigenvalue weighted by molar-refractivity contribution is -0.137. The molecular formula is C18H20N2O3. The van der Waals surface area contributed by atoms with Gasteiger partial charge in [-0.1, -0.05) is 24.3 Å². The van der Waals surface area contributed by atoms with Crippen LogP contribution in [-0.4, -0.2) is 11.8 Å². The molecular weight excluding hydrogens is 292 g/mol. The SMILES string of the molecule is Cc1ccccc1CNC(=O)C1(C(=O)NCc2ccco2)CC1. The highest BCUT2D eigenvalue weighted by molar-refractivity contribution is 6.07. The van der Waals surface area contributed by atoms with Crippen molar-refractivity contribution in [2.45, 2.75) is 32.9 Å². The van der Waals surface area contributed by atoms with Gasteiger partial charge in [0, 0.05) is 6.54 Å². The van der Waals surface area contributed by atoms with E-state index in [4.69, 9.17) is 4.42 Å². The monoisotopic (exact) mass is 312 g/mol. The van der Waals surface area contributed by atoms with Gasteiger partial charge in [-0.05, 0) is 43.0 Å². The van der Waals surface area contributed by atoms with Crippen molar-refractivity contribution in [1.29, 1.82) is 0 Å². The second-order valence-corrected chi connectivity index (χ2v) is 5.95. The Hall–Kier alpha value is -2.56. The fourth-order valence-electron chi connectivity index (χ4n) is 2.59. The number of aryl methyl sites for hydroxylation is 1. The molecule has 2 amide bonds. The Morgan fingerprint density at radius 2 is 1.74 bits per heavy atom. The summed E-state index contributed by atoms with van der Waals surface area (Å²) in [5.41, 5.74) is 1.28. The molecule has 1 aliphatic carbocycles. The van der Waals surface area contributed by atoms with Crippen LogP contribution in [-0.2, 0) is 22.7 Å². The summed E-state index contributed by atoms with van der Waals surface area (Å²) in [5.74, 6) is 0.253. The van der Waals surface area contributed by atoms with E-state index in [0.29, 0.717) is 31.7 Å². The van der Waals surface area contributed by atoms with E-state index in [9.17, 15) is 9.59 Å². The highest BCUT2D eigenvalue weighted by Gasteiger charge is 2.56. The van der Waals surface area contributed by atoms with E-state index in [2.05, 4.69) is 10.6 Å². The van der Waals surface area contributed by atoms with Gasteiger partial charge in [0.2, 0.25) is 11.8 Å². The van der Waals surface area contributed by atoms with Gasteiger partial charge in [-0.2, -0.15) is 0 Å². The van der Waals surface area contributed by atoms with Crippen LogP contribution in [0.3, 0.4) is 0 Å². The van der Waals surface area contributed by atoms with E-state index in [1.807, 2.05) is 31.2 Å². The minimum Gasteiger partial charge on any atom is -0.467 e. The van der Waals surface area contributed by atoms with Crippen LogP contribution in [0.5, 0.6) is 0 Å². The van der Waals surface area contributed by atoms with Gasteiger partial charge in [0.15, 0.2) is 0 Å². The molecule has 1 heterocycles. The van der Waals surface area contributed by atoms with Crippen molar-refractivity contribution in [2.75, 3.05) is 0 Å². The summed E-state index contributed by atoms with van der Waals surface area (Å²) in [6.45, 7) is 2.75. The minimum atomic E-state index is -0.907. The van der Waals surface area contributed by atoms with Crippen LogP contribution in [0.15, 0.2) is 47.1 Å². The molecule has 1 fully saturated rings. The summed E-state index contributed by atoms with van der Waals surface area (Å²) in [6.07, 6.45) is 2.75. The number of nitrogens with one attached hydrogen (secondary N) is 2. The Kier molecular flexibility index (Phi) is 4.19. The van der Waals surface area contributed by atoms with Crippen molar-refractivity contribution in [3.8, 4) is 0 Å². The Morgan fingerprint density at radius 1 is 1.04 bits per heavy atom. The number of carbonyl (C=O) groups excluding carboxylic acids is 2. The summed E-state index contributed by atoms with van der Waals surface area (Å²) in [4.78, 5) is 24.7. The number of carbonyl (C=O) groups is 2. The maximum atomic E-state index is 12.4. The minimum absolute atomic E-state index is 0.197. The first kappa shape index (κ1) is 15.3. The Balaban J connectivity index is 1.55. The lowest BCUT2D eigenvalue weighted by Crippen LogP contribution is -2.42. The van der Waals surface area contributed by atoms with Gasteiger partial charge in [0.05, 0.1) is 12.8 Å². The van der Waals surface area contributed by atoms with E-state index in [1.54, 1.807) is 18.4 Å². The third-order valence-electron chi connectivity index (χ3n) is 4.32. The summed E-state index contributed by atoms with van der Waals surface area (Å²) >= 11 is 0. The van der Waals surface area contributed by atoms with Crippen LogP contribution in [0.2, 0.25) is 0 Å². The number of hydrogen-bond donors (Lipinski definition) is 2. The summed E-state index contributed by atoms with van der Waals surface area (Å²) < 4.78 is 5.18. The molecule has 2 N–H and O–H groups in total. The Labute approximate surface area is 135 Å². The van der Waals surface area contributed by atoms with Crippen LogP contribution >= 0.6 is 0 Å². The normalized spacial score (nSPS) is 15.0. The van der Waals surface area contributed by atoms with E-state index >= 15 is 0 Å². The maximum absolute atomic E-state index is 12.4. The maximum Gasteiger partial charge on any atom is 0.236 e. The molecule has 5 nitrogen and oxygen atoms in total. The van der Waals surface area contributed by atoms with E-state index in [1.165, 1.54) is 0 Å². The number of hydrogen-bond acceptors (Lipinski definition) is 3. The quantitative estimate of drug-likeness (QED) is 0.804. The summed E-state index contributed by atoms with van der Waals surface area (Å²) in [7, 11) is 0. The van der Waals surface area contributed by atoms with Crippen molar-refractivity contribution in [3.05, 3.63) is 59.5 Å². The highest BCUT2D eigenvalue weighted by Crippen LogP contribution is 2.46. The molecule has 120 valence electrons. The standard InChI is InChI=1S/C18H20N2O3/c1-13-5-2-3-6-14(13)11-19-16(21)18(8-9-18)17(22)20-12-15-7-4-10-23-15/h2-7,10H,8-9,11-12H2,1H3,(H,19,21)(H,20,22). The Bertz CT molecular complexity index is 703. The van der Waals surface area contributed by atoms with Gasteiger partial charge < -0.3 is 15.1 Å². The van der Waals surface area contributed by atoms with Crippen molar-refractivity contribution in [1.82, 2.24) is 10.6 Å². The number of rotatable bonds is 6. The van der Waals surface area contributed by atoms with Crippen molar-refractivity contribution in [2.24, 2.45) is 5.41 Å². The predicted molar refractivity (Wildman–Crippen MR) is 85.2 cm³/mol. The molecule has 1 aliphatic rings. The average molecular weight is 312 g/mol. The fraction of sp³-hybridized carbons (Fsp3) is 0.333. The van der Waals surface area contributed by atoms with Gasteiger partial charge in [0.25, 0.3) is 0 Å². The first-order valence-corrected chi connectivity index (χ1v) is 7.75. The van der Waals surface area contributed by atoms with Crippen LogP contribution in [0.25, 0.3) is 0 Å². The molecule has 1 aromatic carbocycles.